The summed E-state index contributed by atoms with van der Waals surface area (Å²) in [4.78, 5) is 25.6. The van der Waals surface area contributed by atoms with E-state index in [0.717, 1.165) is 48.2 Å². The van der Waals surface area contributed by atoms with Crippen LogP contribution in [0.5, 0.6) is 0 Å². The number of esters is 1. The summed E-state index contributed by atoms with van der Waals surface area (Å²) in [5.41, 5.74) is -0.123. The molecule has 8 nitrogen and oxygen atoms in total. The van der Waals surface area contributed by atoms with Crippen molar-refractivity contribution in [3.8, 4) is 0 Å². The van der Waals surface area contributed by atoms with Gasteiger partial charge in [0, 0.05) is 26.2 Å². The van der Waals surface area contributed by atoms with E-state index in [1.54, 1.807) is 4.90 Å². The maximum atomic E-state index is 14.2. The number of hydrogen-bond donors (Lipinski definition) is 0. The summed E-state index contributed by atoms with van der Waals surface area (Å²) in [5.74, 6) is -2.11. The Morgan fingerprint density at radius 1 is 1.03 bits per heavy atom. The molecule has 0 N–H and O–H groups in total. The van der Waals surface area contributed by atoms with Crippen molar-refractivity contribution in [3.05, 3.63) is 29.6 Å². The topological polar surface area (TPSA) is 93.2 Å². The summed E-state index contributed by atoms with van der Waals surface area (Å²) in [6, 6.07) is 3.02. The third kappa shape index (κ3) is 5.31. The monoisotopic (exact) mass is 428 g/mol. The molecule has 10 heteroatoms. The Hall–Kier alpha value is -2.04. The van der Waals surface area contributed by atoms with Gasteiger partial charge in [-0.1, -0.05) is 12.8 Å². The third-order valence-electron chi connectivity index (χ3n) is 5.04. The first kappa shape index (κ1) is 21.7. The number of carbonyl (C=O) groups excluding carboxylic acids is 2. The van der Waals surface area contributed by atoms with Gasteiger partial charge in [-0.05, 0) is 31.0 Å². The number of hydrogen-bond acceptors (Lipinski definition) is 6. The zero-order valence-electron chi connectivity index (χ0n) is 16.1. The Morgan fingerprint density at radius 2 is 1.69 bits per heavy atom. The first-order chi connectivity index (χ1) is 13.9. The van der Waals surface area contributed by atoms with Crippen LogP contribution in [0, 0.1) is 5.82 Å². The molecule has 0 saturated carbocycles. The highest BCUT2D eigenvalue weighted by molar-refractivity contribution is 7.89. The minimum absolute atomic E-state index is 0.112. The third-order valence-corrected chi connectivity index (χ3v) is 6.95. The average Bonchev–Trinajstić information content (AvgIpc) is 3.02. The summed E-state index contributed by atoms with van der Waals surface area (Å²) < 4.78 is 50.9. The number of ether oxygens (including phenoxy) is 2. The van der Waals surface area contributed by atoms with E-state index in [9.17, 15) is 22.4 Å². The van der Waals surface area contributed by atoms with E-state index >= 15 is 0 Å². The van der Waals surface area contributed by atoms with Crippen LogP contribution in [-0.4, -0.2) is 75.5 Å². The number of amides is 1. The molecule has 2 fully saturated rings. The van der Waals surface area contributed by atoms with Crippen molar-refractivity contribution in [2.75, 3.05) is 46.0 Å². The maximum absolute atomic E-state index is 14.2. The molecule has 2 heterocycles. The van der Waals surface area contributed by atoms with Gasteiger partial charge in [-0.15, -0.1) is 0 Å². The summed E-state index contributed by atoms with van der Waals surface area (Å²) >= 11 is 0. The van der Waals surface area contributed by atoms with Crippen molar-refractivity contribution in [1.29, 1.82) is 0 Å². The van der Waals surface area contributed by atoms with E-state index < -0.39 is 33.3 Å². The van der Waals surface area contributed by atoms with E-state index in [4.69, 9.17) is 9.47 Å². The number of rotatable bonds is 5. The van der Waals surface area contributed by atoms with Gasteiger partial charge in [0.05, 0.1) is 18.8 Å². The van der Waals surface area contributed by atoms with Crippen LogP contribution in [0.25, 0.3) is 0 Å². The van der Waals surface area contributed by atoms with Crippen LogP contribution < -0.4 is 0 Å². The lowest BCUT2D eigenvalue weighted by Crippen LogP contribution is -2.41. The molecule has 0 atom stereocenters. The van der Waals surface area contributed by atoms with Crippen LogP contribution >= 0.6 is 0 Å². The van der Waals surface area contributed by atoms with Gasteiger partial charge in [0.1, 0.15) is 10.7 Å². The molecule has 0 aromatic heterocycles. The first-order valence-electron chi connectivity index (χ1n) is 9.72. The zero-order valence-corrected chi connectivity index (χ0v) is 17.0. The van der Waals surface area contributed by atoms with Crippen molar-refractivity contribution < 1.29 is 31.9 Å². The van der Waals surface area contributed by atoms with Gasteiger partial charge in [-0.2, -0.15) is 4.31 Å². The molecule has 1 amide bonds. The Bertz CT molecular complexity index is 846. The number of sulfonamides is 1. The molecule has 2 saturated heterocycles. The summed E-state index contributed by atoms with van der Waals surface area (Å²) in [5, 5.41) is 0. The molecular formula is C19H25FN2O6S. The molecular weight excluding hydrogens is 403 g/mol. The largest absolute Gasteiger partial charge is 0.452 e. The number of nitrogens with zero attached hydrogens (tertiary/aromatic N) is 2. The van der Waals surface area contributed by atoms with Crippen molar-refractivity contribution in [2.24, 2.45) is 0 Å². The number of halogens is 1. The van der Waals surface area contributed by atoms with Crippen molar-refractivity contribution >= 4 is 21.9 Å². The fraction of sp³-hybridized carbons (Fsp3) is 0.579. The molecule has 160 valence electrons. The van der Waals surface area contributed by atoms with Gasteiger partial charge >= 0.3 is 5.97 Å². The van der Waals surface area contributed by atoms with Gasteiger partial charge < -0.3 is 14.4 Å². The lowest BCUT2D eigenvalue weighted by Gasteiger charge is -2.26. The van der Waals surface area contributed by atoms with Crippen LogP contribution in [0.3, 0.4) is 0 Å². The first-order valence-corrected chi connectivity index (χ1v) is 11.2. The minimum Gasteiger partial charge on any atom is -0.452 e. The molecule has 29 heavy (non-hydrogen) atoms. The molecule has 0 bridgehead atoms. The SMILES string of the molecule is O=C(OCC(=O)N1CCCCCC1)c1ccc(F)c(S(=O)(=O)N2CCOCC2)c1. The minimum atomic E-state index is -4.11. The van der Waals surface area contributed by atoms with Gasteiger partial charge in [-0.3, -0.25) is 4.79 Å². The highest BCUT2D eigenvalue weighted by Gasteiger charge is 2.30. The molecule has 3 rings (SSSR count). The van der Waals surface area contributed by atoms with E-state index in [1.165, 1.54) is 0 Å². The molecule has 0 unspecified atom stereocenters. The number of carbonyl (C=O) groups is 2. The van der Waals surface area contributed by atoms with Gasteiger partial charge in [-0.25, -0.2) is 17.6 Å². The van der Waals surface area contributed by atoms with E-state index in [2.05, 4.69) is 0 Å². The number of benzene rings is 1. The Balaban J connectivity index is 1.68. The van der Waals surface area contributed by atoms with Crippen LogP contribution in [-0.2, 0) is 24.3 Å². The molecule has 2 aliphatic rings. The van der Waals surface area contributed by atoms with Crippen molar-refractivity contribution in [3.63, 3.8) is 0 Å². The van der Waals surface area contributed by atoms with Crippen molar-refractivity contribution in [1.82, 2.24) is 9.21 Å². The summed E-state index contributed by atoms with van der Waals surface area (Å²) in [6.45, 7) is 1.51. The summed E-state index contributed by atoms with van der Waals surface area (Å²) in [7, 11) is -4.11. The lowest BCUT2D eigenvalue weighted by molar-refractivity contribution is -0.134. The van der Waals surface area contributed by atoms with Crippen LogP contribution in [0.15, 0.2) is 23.1 Å². The number of likely N-dealkylation sites (tertiary alicyclic amines) is 1. The van der Waals surface area contributed by atoms with Gasteiger partial charge in [0.15, 0.2) is 6.61 Å². The lowest BCUT2D eigenvalue weighted by atomic mass is 10.2. The predicted molar refractivity (Wildman–Crippen MR) is 101 cm³/mol. The molecule has 0 spiro atoms. The highest BCUT2D eigenvalue weighted by Crippen LogP contribution is 2.22. The second-order valence-corrected chi connectivity index (χ2v) is 8.94. The van der Waals surface area contributed by atoms with Crippen LogP contribution in [0.1, 0.15) is 36.0 Å². The van der Waals surface area contributed by atoms with E-state index in [1.807, 2.05) is 0 Å². The smallest absolute Gasteiger partial charge is 0.338 e. The molecule has 1 aromatic carbocycles. The second-order valence-electron chi connectivity index (χ2n) is 7.03. The molecule has 0 radical (unpaired) electrons. The molecule has 0 aliphatic carbocycles. The predicted octanol–water partition coefficient (Wildman–Crippen LogP) is 1.41. The van der Waals surface area contributed by atoms with E-state index in [0.29, 0.717) is 13.1 Å². The Morgan fingerprint density at radius 3 is 2.34 bits per heavy atom. The second kappa shape index (κ2) is 9.64. The fourth-order valence-electron chi connectivity index (χ4n) is 3.38. The van der Waals surface area contributed by atoms with Gasteiger partial charge in [0.25, 0.3) is 5.91 Å². The number of morpholine rings is 1. The molecule has 1 aromatic rings. The Labute approximate surface area is 169 Å². The van der Waals surface area contributed by atoms with Gasteiger partial charge in [0.2, 0.25) is 10.0 Å². The average molecular weight is 428 g/mol. The standard InChI is InChI=1S/C19H25FN2O6S/c20-16-6-5-15(13-17(16)29(25,26)22-9-11-27-12-10-22)19(24)28-14-18(23)21-7-3-1-2-4-8-21/h5-6,13H,1-4,7-12,14H2. The fourth-order valence-corrected chi connectivity index (χ4v) is 4.87. The molecule has 2 aliphatic heterocycles. The summed E-state index contributed by atoms with van der Waals surface area (Å²) in [6.07, 6.45) is 3.97. The van der Waals surface area contributed by atoms with Crippen LogP contribution in [0.4, 0.5) is 4.39 Å². The highest BCUT2D eigenvalue weighted by atomic mass is 32.2. The quantitative estimate of drug-likeness (QED) is 0.659. The Kier molecular flexibility index (Phi) is 7.20. The zero-order chi connectivity index (χ0) is 20.9. The van der Waals surface area contributed by atoms with Crippen molar-refractivity contribution in [2.45, 2.75) is 30.6 Å². The normalized spacial score (nSPS) is 18.9. The van der Waals surface area contributed by atoms with Crippen LogP contribution in [0.2, 0.25) is 0 Å². The maximum Gasteiger partial charge on any atom is 0.338 e. The van der Waals surface area contributed by atoms with E-state index in [-0.39, 0.29) is 37.8 Å².